The molecule has 0 fully saturated rings. The number of benzene rings is 1. The molecule has 1 heterocycles. The molecule has 96 valence electrons. The van der Waals surface area contributed by atoms with Crippen LogP contribution < -0.4 is 10.5 Å². The van der Waals surface area contributed by atoms with Crippen LogP contribution in [0.4, 0.5) is 0 Å². The second-order valence-electron chi connectivity index (χ2n) is 3.54. The number of nitrogens with zero attached hydrogens (tertiary/aromatic N) is 2. The summed E-state index contributed by atoms with van der Waals surface area (Å²) in [5.74, 6) is -1.30. The molecule has 2 aromatic rings. The van der Waals surface area contributed by atoms with Crippen LogP contribution >= 0.6 is 0 Å². The molecule has 0 saturated carbocycles. The van der Waals surface area contributed by atoms with Gasteiger partial charge in [-0.05, 0) is 24.3 Å². The molecular formula is C12H9N3O4. The van der Waals surface area contributed by atoms with E-state index in [1.807, 2.05) is 0 Å². The normalized spacial score (nSPS) is 9.89. The molecule has 0 aliphatic rings. The van der Waals surface area contributed by atoms with E-state index >= 15 is 0 Å². The Balaban J connectivity index is 2.19. The van der Waals surface area contributed by atoms with E-state index in [1.165, 1.54) is 30.5 Å². The van der Waals surface area contributed by atoms with Gasteiger partial charge in [-0.3, -0.25) is 9.78 Å². The Morgan fingerprint density at radius 3 is 2.42 bits per heavy atom. The molecular weight excluding hydrogens is 250 g/mol. The van der Waals surface area contributed by atoms with Crippen LogP contribution in [-0.2, 0) is 0 Å². The van der Waals surface area contributed by atoms with Gasteiger partial charge < -0.3 is 15.6 Å². The van der Waals surface area contributed by atoms with E-state index in [2.05, 4.69) is 9.97 Å². The molecule has 1 aromatic carbocycles. The topological polar surface area (TPSA) is 115 Å². The van der Waals surface area contributed by atoms with Crippen molar-refractivity contribution in [1.29, 1.82) is 0 Å². The number of carbonyl (C=O) groups is 2. The van der Waals surface area contributed by atoms with Crippen LogP contribution in [0.2, 0.25) is 0 Å². The minimum Gasteiger partial charge on any atom is -0.476 e. The fraction of sp³-hybridized carbons (Fsp3) is 0. The van der Waals surface area contributed by atoms with Crippen LogP contribution in [0.1, 0.15) is 20.8 Å². The highest BCUT2D eigenvalue weighted by Crippen LogP contribution is 2.19. The van der Waals surface area contributed by atoms with Crippen molar-refractivity contribution in [2.45, 2.75) is 0 Å². The fourth-order valence-electron chi connectivity index (χ4n) is 1.31. The van der Waals surface area contributed by atoms with E-state index in [4.69, 9.17) is 15.6 Å². The highest BCUT2D eigenvalue weighted by atomic mass is 16.5. The zero-order valence-electron chi connectivity index (χ0n) is 9.61. The Kier molecular flexibility index (Phi) is 3.37. The van der Waals surface area contributed by atoms with Crippen molar-refractivity contribution < 1.29 is 19.4 Å². The second kappa shape index (κ2) is 5.13. The number of primary amides is 1. The Morgan fingerprint density at radius 2 is 1.84 bits per heavy atom. The van der Waals surface area contributed by atoms with Crippen molar-refractivity contribution in [1.82, 2.24) is 9.97 Å². The van der Waals surface area contributed by atoms with E-state index in [-0.39, 0.29) is 11.6 Å². The summed E-state index contributed by atoms with van der Waals surface area (Å²) in [5, 5.41) is 8.76. The minimum absolute atomic E-state index is 0.0479. The van der Waals surface area contributed by atoms with Gasteiger partial charge in [-0.1, -0.05) is 0 Å². The molecule has 3 N–H and O–H groups in total. The van der Waals surface area contributed by atoms with Crippen LogP contribution in [0.25, 0.3) is 0 Å². The Morgan fingerprint density at radius 1 is 1.16 bits per heavy atom. The maximum atomic E-state index is 10.9. The van der Waals surface area contributed by atoms with E-state index in [9.17, 15) is 9.59 Å². The van der Waals surface area contributed by atoms with Gasteiger partial charge in [0, 0.05) is 5.56 Å². The molecule has 7 nitrogen and oxygen atoms in total. The molecule has 0 atom stereocenters. The Labute approximate surface area is 107 Å². The van der Waals surface area contributed by atoms with Crippen molar-refractivity contribution in [2.75, 3.05) is 0 Å². The van der Waals surface area contributed by atoms with E-state index in [0.29, 0.717) is 11.3 Å². The lowest BCUT2D eigenvalue weighted by atomic mass is 10.2. The van der Waals surface area contributed by atoms with Gasteiger partial charge in [-0.2, -0.15) is 0 Å². The minimum atomic E-state index is -1.19. The zero-order chi connectivity index (χ0) is 13.8. The maximum absolute atomic E-state index is 10.9. The SMILES string of the molecule is NC(=O)c1ccc(Oc2cncc(C(=O)O)n2)cc1. The van der Waals surface area contributed by atoms with Gasteiger partial charge in [-0.15, -0.1) is 0 Å². The molecule has 1 amide bonds. The van der Waals surface area contributed by atoms with Crippen molar-refractivity contribution >= 4 is 11.9 Å². The number of nitrogens with two attached hydrogens (primary N) is 1. The van der Waals surface area contributed by atoms with Crippen molar-refractivity contribution in [3.63, 3.8) is 0 Å². The van der Waals surface area contributed by atoms with Crippen molar-refractivity contribution in [3.8, 4) is 11.6 Å². The summed E-state index contributed by atoms with van der Waals surface area (Å²) in [4.78, 5) is 29.1. The van der Waals surface area contributed by atoms with Crippen molar-refractivity contribution in [2.24, 2.45) is 5.73 Å². The number of hydrogen-bond acceptors (Lipinski definition) is 5. The lowest BCUT2D eigenvalue weighted by molar-refractivity contribution is 0.0688. The molecule has 0 saturated heterocycles. The third-order valence-electron chi connectivity index (χ3n) is 2.19. The predicted molar refractivity (Wildman–Crippen MR) is 64.0 cm³/mol. The number of aromatic nitrogens is 2. The van der Waals surface area contributed by atoms with E-state index in [0.717, 1.165) is 6.20 Å². The highest BCUT2D eigenvalue weighted by Gasteiger charge is 2.08. The van der Waals surface area contributed by atoms with Crippen LogP contribution in [0.3, 0.4) is 0 Å². The Bertz CT molecular complexity index is 625. The van der Waals surface area contributed by atoms with Gasteiger partial charge in [0.25, 0.3) is 0 Å². The third-order valence-corrected chi connectivity index (χ3v) is 2.19. The molecule has 0 radical (unpaired) electrons. The molecule has 0 bridgehead atoms. The molecule has 2 rings (SSSR count). The molecule has 7 heteroatoms. The Hall–Kier alpha value is -2.96. The van der Waals surface area contributed by atoms with Crippen molar-refractivity contribution in [3.05, 3.63) is 47.9 Å². The first kappa shape index (κ1) is 12.5. The van der Waals surface area contributed by atoms with Gasteiger partial charge in [0.15, 0.2) is 5.69 Å². The number of carbonyl (C=O) groups excluding carboxylic acids is 1. The lowest BCUT2D eigenvalue weighted by Gasteiger charge is -2.05. The standard InChI is InChI=1S/C12H9N3O4/c13-11(16)7-1-3-8(4-2-7)19-10-6-14-5-9(15-10)12(17)18/h1-6H,(H2,13,16)(H,17,18). The van der Waals surface area contributed by atoms with Crippen LogP contribution in [0.15, 0.2) is 36.7 Å². The van der Waals surface area contributed by atoms with Gasteiger partial charge in [0.05, 0.1) is 12.4 Å². The number of amides is 1. The fourth-order valence-corrected chi connectivity index (χ4v) is 1.31. The van der Waals surface area contributed by atoms with Gasteiger partial charge in [-0.25, -0.2) is 9.78 Å². The van der Waals surface area contributed by atoms with Crippen LogP contribution in [0, 0.1) is 0 Å². The number of aromatic carboxylic acids is 1. The number of ether oxygens (including phenoxy) is 1. The van der Waals surface area contributed by atoms with Crippen LogP contribution in [0.5, 0.6) is 11.6 Å². The highest BCUT2D eigenvalue weighted by molar-refractivity contribution is 5.92. The summed E-state index contributed by atoms with van der Waals surface area (Å²) in [6.07, 6.45) is 2.40. The quantitative estimate of drug-likeness (QED) is 0.848. The molecule has 0 aliphatic heterocycles. The first-order chi connectivity index (χ1) is 9.06. The molecule has 0 aliphatic carbocycles. The van der Waals surface area contributed by atoms with E-state index < -0.39 is 11.9 Å². The first-order valence-corrected chi connectivity index (χ1v) is 5.19. The molecule has 0 spiro atoms. The predicted octanol–water partition coefficient (Wildman–Crippen LogP) is 1.07. The summed E-state index contributed by atoms with van der Waals surface area (Å²) in [5.41, 5.74) is 5.23. The van der Waals surface area contributed by atoms with Crippen LogP contribution in [-0.4, -0.2) is 27.0 Å². The maximum Gasteiger partial charge on any atom is 0.356 e. The smallest absolute Gasteiger partial charge is 0.356 e. The average molecular weight is 259 g/mol. The number of carboxylic acid groups (broad SMARTS) is 1. The largest absolute Gasteiger partial charge is 0.476 e. The summed E-state index contributed by atoms with van der Waals surface area (Å²) in [7, 11) is 0. The lowest BCUT2D eigenvalue weighted by Crippen LogP contribution is -2.10. The monoisotopic (exact) mass is 259 g/mol. The molecule has 19 heavy (non-hydrogen) atoms. The van der Waals surface area contributed by atoms with E-state index in [1.54, 1.807) is 0 Å². The average Bonchev–Trinajstić information content (AvgIpc) is 2.39. The van der Waals surface area contributed by atoms with Gasteiger partial charge >= 0.3 is 5.97 Å². The number of hydrogen-bond donors (Lipinski definition) is 2. The number of rotatable bonds is 4. The summed E-state index contributed by atoms with van der Waals surface area (Å²) in [6.45, 7) is 0. The molecule has 1 aromatic heterocycles. The zero-order valence-corrected chi connectivity index (χ0v) is 9.61. The van der Waals surface area contributed by atoms with Gasteiger partial charge in [0.2, 0.25) is 11.8 Å². The summed E-state index contributed by atoms with van der Waals surface area (Å²) in [6, 6.07) is 6.03. The molecule has 0 unspecified atom stereocenters. The second-order valence-corrected chi connectivity index (χ2v) is 3.54. The first-order valence-electron chi connectivity index (χ1n) is 5.19. The number of carboxylic acids is 1. The third kappa shape index (κ3) is 3.03. The van der Waals surface area contributed by atoms with Gasteiger partial charge in [0.1, 0.15) is 5.75 Å². The summed E-state index contributed by atoms with van der Waals surface area (Å²) >= 11 is 0. The summed E-state index contributed by atoms with van der Waals surface area (Å²) < 4.78 is 5.31.